The molecule has 0 saturated carbocycles. The number of hydrazine groups is 1. The lowest BCUT2D eigenvalue weighted by molar-refractivity contribution is -0.712. The number of carbonyl (C=O) groups is 2. The number of benzene rings is 1. The van der Waals surface area contributed by atoms with E-state index in [2.05, 4.69) is 0 Å². The van der Waals surface area contributed by atoms with Crippen LogP contribution < -0.4 is 21.2 Å². The van der Waals surface area contributed by atoms with Gasteiger partial charge in [-0.25, -0.2) is 15.2 Å². The van der Waals surface area contributed by atoms with Crippen LogP contribution in [-0.2, 0) is 4.79 Å². The fourth-order valence-corrected chi connectivity index (χ4v) is 3.11. The topological polar surface area (TPSA) is 140 Å². The van der Waals surface area contributed by atoms with Gasteiger partial charge < -0.3 is 15.6 Å². The predicted molar refractivity (Wildman–Crippen MR) is 87.0 cm³/mol. The number of carboxylic acids is 1. The summed E-state index contributed by atoms with van der Waals surface area (Å²) in [7, 11) is 0. The molecule has 2 unspecified atom stereocenters. The van der Waals surface area contributed by atoms with Gasteiger partial charge in [-0.1, -0.05) is 12.1 Å². The lowest BCUT2D eigenvalue weighted by Crippen LogP contribution is -2.58. The van der Waals surface area contributed by atoms with Gasteiger partial charge in [-0.15, -0.1) is 0 Å². The molecule has 8 nitrogen and oxygen atoms in total. The minimum atomic E-state index is -1.44. The molecule has 2 aromatic rings. The molecule has 1 aromatic heterocycles. The first-order valence-electron chi connectivity index (χ1n) is 7.81. The zero-order chi connectivity index (χ0) is 19.7. The van der Waals surface area contributed by atoms with Gasteiger partial charge >= 0.3 is 5.91 Å². The number of allylic oxidation sites excluding steroid dienone is 1. The van der Waals surface area contributed by atoms with Crippen LogP contribution in [0.2, 0.25) is 0 Å². The third kappa shape index (κ3) is 3.09. The number of nitriles is 1. The maximum atomic E-state index is 13.8. The highest BCUT2D eigenvalue weighted by Crippen LogP contribution is 2.38. The molecule has 1 aliphatic heterocycles. The second-order valence-corrected chi connectivity index (χ2v) is 5.92. The molecule has 136 valence electrons. The van der Waals surface area contributed by atoms with Crippen molar-refractivity contribution in [1.29, 1.82) is 5.26 Å². The van der Waals surface area contributed by atoms with Gasteiger partial charge in [-0.3, -0.25) is 4.79 Å². The first kappa shape index (κ1) is 18.0. The standard InChI is InChI=1S/C18H14FN5O3/c19-12-5-1-3-10(7-12)14-13(8-20)16(21)24(22)17(25)15(14)23-6-2-4-11(9-23)18(26)27/h1-7,9,14-15H,21-22H2. The highest BCUT2D eigenvalue weighted by molar-refractivity contribution is 5.85. The van der Waals surface area contributed by atoms with Crippen LogP contribution in [0, 0.1) is 17.1 Å². The average molecular weight is 367 g/mol. The van der Waals surface area contributed by atoms with Crippen molar-refractivity contribution in [2.45, 2.75) is 12.0 Å². The highest BCUT2D eigenvalue weighted by atomic mass is 19.1. The molecule has 1 aromatic carbocycles. The van der Waals surface area contributed by atoms with E-state index in [1.165, 1.54) is 47.3 Å². The molecule has 4 N–H and O–H groups in total. The molecule has 0 radical (unpaired) electrons. The first-order valence-corrected chi connectivity index (χ1v) is 7.81. The predicted octanol–water partition coefficient (Wildman–Crippen LogP) is -0.789. The molecule has 2 atom stereocenters. The molecule has 3 rings (SSSR count). The third-order valence-electron chi connectivity index (χ3n) is 4.36. The highest BCUT2D eigenvalue weighted by Gasteiger charge is 2.48. The minimum absolute atomic E-state index is 0.0287. The van der Waals surface area contributed by atoms with Crippen LogP contribution in [0.25, 0.3) is 0 Å². The Morgan fingerprint density at radius 2 is 2.07 bits per heavy atom. The molecule has 27 heavy (non-hydrogen) atoms. The Bertz CT molecular complexity index is 1010. The Morgan fingerprint density at radius 3 is 2.70 bits per heavy atom. The van der Waals surface area contributed by atoms with E-state index in [0.29, 0.717) is 10.6 Å². The van der Waals surface area contributed by atoms with Gasteiger partial charge in [-0.05, 0) is 23.8 Å². The average Bonchev–Trinajstić information content (AvgIpc) is 2.66. The summed E-state index contributed by atoms with van der Waals surface area (Å²) in [4.78, 5) is 24.0. The van der Waals surface area contributed by atoms with Crippen LogP contribution >= 0.6 is 0 Å². The number of pyridine rings is 1. The van der Waals surface area contributed by atoms with Crippen molar-refractivity contribution in [3.63, 3.8) is 0 Å². The number of amides is 1. The number of hydrogen-bond donors (Lipinski definition) is 2. The zero-order valence-electron chi connectivity index (χ0n) is 13.9. The molecule has 2 heterocycles. The van der Waals surface area contributed by atoms with E-state index < -0.39 is 29.7 Å². The van der Waals surface area contributed by atoms with Crippen LogP contribution in [-0.4, -0.2) is 16.9 Å². The second kappa shape index (κ2) is 6.86. The summed E-state index contributed by atoms with van der Waals surface area (Å²) in [5.74, 6) is 1.84. The molecule has 1 aliphatic rings. The van der Waals surface area contributed by atoms with Crippen LogP contribution in [0.15, 0.2) is 60.2 Å². The number of rotatable bonds is 3. The van der Waals surface area contributed by atoms with E-state index >= 15 is 0 Å². The van der Waals surface area contributed by atoms with E-state index in [4.69, 9.17) is 11.6 Å². The van der Waals surface area contributed by atoms with Gasteiger partial charge in [-0.2, -0.15) is 9.83 Å². The van der Waals surface area contributed by atoms with Crippen LogP contribution in [0.1, 0.15) is 27.9 Å². The molecule has 0 spiro atoms. The van der Waals surface area contributed by atoms with Crippen molar-refractivity contribution in [2.75, 3.05) is 0 Å². The largest absolute Gasteiger partial charge is 0.545 e. The minimum Gasteiger partial charge on any atom is -0.545 e. The van der Waals surface area contributed by atoms with Gasteiger partial charge in [0.1, 0.15) is 11.6 Å². The zero-order valence-corrected chi connectivity index (χ0v) is 13.9. The summed E-state index contributed by atoms with van der Waals surface area (Å²) in [5.41, 5.74) is 5.96. The Balaban J connectivity index is 2.26. The van der Waals surface area contributed by atoms with Crippen molar-refractivity contribution in [2.24, 2.45) is 11.6 Å². The summed E-state index contributed by atoms with van der Waals surface area (Å²) in [6.07, 6.45) is 2.64. The number of aromatic carboxylic acids is 1. The summed E-state index contributed by atoms with van der Waals surface area (Å²) < 4.78 is 15.1. The van der Waals surface area contributed by atoms with Gasteiger partial charge in [0.2, 0.25) is 6.04 Å². The fraction of sp³-hybridized carbons (Fsp3) is 0.111. The van der Waals surface area contributed by atoms with E-state index in [0.717, 1.165) is 0 Å². The number of nitrogens with zero attached hydrogens (tertiary/aromatic N) is 3. The number of nitrogens with two attached hydrogens (primary N) is 2. The van der Waals surface area contributed by atoms with Gasteiger partial charge in [0.05, 0.1) is 29.1 Å². The molecular weight excluding hydrogens is 353 g/mol. The SMILES string of the molecule is N#CC1=C(N)N(N)C(=O)C([n+]2cccc(C(=O)[O-])c2)C1c1cccc(F)c1. The van der Waals surface area contributed by atoms with Gasteiger partial charge in [0.25, 0.3) is 0 Å². The Kier molecular flexibility index (Phi) is 4.58. The lowest BCUT2D eigenvalue weighted by atomic mass is 9.82. The number of carboxylic acid groups (broad SMARTS) is 1. The van der Waals surface area contributed by atoms with Gasteiger partial charge in [0.15, 0.2) is 12.4 Å². The second-order valence-electron chi connectivity index (χ2n) is 5.92. The van der Waals surface area contributed by atoms with Crippen LogP contribution in [0.4, 0.5) is 4.39 Å². The lowest BCUT2D eigenvalue weighted by Gasteiger charge is -2.32. The summed E-state index contributed by atoms with van der Waals surface area (Å²) in [6, 6.07) is 8.89. The smallest absolute Gasteiger partial charge is 0.312 e. The summed E-state index contributed by atoms with van der Waals surface area (Å²) in [6.45, 7) is 0. The normalized spacial score (nSPS) is 19.7. The van der Waals surface area contributed by atoms with Crippen molar-refractivity contribution in [3.05, 3.63) is 77.1 Å². The van der Waals surface area contributed by atoms with Crippen LogP contribution in [0.5, 0.6) is 0 Å². The van der Waals surface area contributed by atoms with Crippen molar-refractivity contribution >= 4 is 11.9 Å². The molecule has 0 fully saturated rings. The maximum absolute atomic E-state index is 13.8. The molecule has 9 heteroatoms. The third-order valence-corrected chi connectivity index (χ3v) is 4.36. The monoisotopic (exact) mass is 367 g/mol. The quantitative estimate of drug-likeness (QED) is 0.414. The van der Waals surface area contributed by atoms with Crippen molar-refractivity contribution < 1.29 is 23.7 Å². The van der Waals surface area contributed by atoms with E-state index in [9.17, 15) is 24.3 Å². The molecule has 1 amide bonds. The number of aromatic nitrogens is 1. The van der Waals surface area contributed by atoms with Crippen LogP contribution in [0.3, 0.4) is 0 Å². The van der Waals surface area contributed by atoms with E-state index in [-0.39, 0.29) is 17.0 Å². The first-order chi connectivity index (χ1) is 12.8. The fourth-order valence-electron chi connectivity index (χ4n) is 3.11. The number of hydrogen-bond acceptors (Lipinski definition) is 6. The van der Waals surface area contributed by atoms with Crippen molar-refractivity contribution in [3.8, 4) is 6.07 Å². The molecule has 0 saturated heterocycles. The van der Waals surface area contributed by atoms with E-state index in [1.807, 2.05) is 6.07 Å². The Labute approximate surface area is 153 Å². The maximum Gasteiger partial charge on any atom is 0.312 e. The Hall–Kier alpha value is -3.77. The number of carbonyl (C=O) groups excluding carboxylic acids is 2. The van der Waals surface area contributed by atoms with E-state index in [1.54, 1.807) is 6.07 Å². The van der Waals surface area contributed by atoms with Gasteiger partial charge in [0, 0.05) is 6.07 Å². The summed E-state index contributed by atoms with van der Waals surface area (Å²) in [5, 5.41) is 21.4. The number of halogens is 1. The molecular formula is C18H14FN5O3. The summed E-state index contributed by atoms with van der Waals surface area (Å²) >= 11 is 0. The van der Waals surface area contributed by atoms with Crippen molar-refractivity contribution in [1.82, 2.24) is 5.01 Å². The Morgan fingerprint density at radius 1 is 1.33 bits per heavy atom. The molecule has 0 aliphatic carbocycles. The molecule has 0 bridgehead atoms.